The van der Waals surface area contributed by atoms with Crippen molar-refractivity contribution in [2.45, 2.75) is 11.7 Å². The van der Waals surface area contributed by atoms with E-state index in [0.29, 0.717) is 0 Å². The number of nitrogens with zero attached hydrogens (tertiary/aromatic N) is 1. The highest BCUT2D eigenvalue weighted by atomic mass is 79.9. The maximum Gasteiger partial charge on any atom is 0.574 e. The van der Waals surface area contributed by atoms with Crippen LogP contribution in [0.15, 0.2) is 6.07 Å². The Bertz CT molecular complexity index is 408. The smallest absolute Gasteiger partial charge is 0.503 e. The van der Waals surface area contributed by atoms with Crippen LogP contribution in [0.3, 0.4) is 0 Å². The van der Waals surface area contributed by atoms with Crippen molar-refractivity contribution in [1.82, 2.24) is 4.98 Å². The number of ether oxygens (including phenoxy) is 1. The maximum absolute atomic E-state index is 11.9. The molecule has 1 aromatic rings. The molecule has 0 radical (unpaired) electrons. The number of alkyl halides is 4. The summed E-state index contributed by atoms with van der Waals surface area (Å²) in [6.07, 6.45) is -4.76. The van der Waals surface area contributed by atoms with E-state index < -0.39 is 18.0 Å². The fourth-order valence-electron chi connectivity index (χ4n) is 0.926. The predicted molar refractivity (Wildman–Crippen MR) is 50.6 cm³/mol. The lowest BCUT2D eigenvalue weighted by Gasteiger charge is -2.11. The molecule has 88 valence electrons. The third-order valence-electron chi connectivity index (χ3n) is 1.52. The molecule has 16 heavy (non-hydrogen) atoms. The monoisotopic (exact) mass is 299 g/mol. The van der Waals surface area contributed by atoms with Crippen LogP contribution in [-0.2, 0) is 5.33 Å². The second-order valence-electron chi connectivity index (χ2n) is 2.66. The first-order chi connectivity index (χ1) is 7.37. The molecule has 0 fully saturated rings. The van der Waals surface area contributed by atoms with Gasteiger partial charge >= 0.3 is 6.36 Å². The number of hydrogen-bond donors (Lipinski definition) is 1. The minimum Gasteiger partial charge on any atom is -0.503 e. The highest BCUT2D eigenvalue weighted by Crippen LogP contribution is 2.32. The number of aromatic hydroxyl groups is 1. The molecule has 1 rings (SSSR count). The van der Waals surface area contributed by atoms with E-state index in [4.69, 9.17) is 0 Å². The minimum atomic E-state index is -4.98. The molecule has 0 atom stereocenters. The van der Waals surface area contributed by atoms with Crippen LogP contribution in [0.4, 0.5) is 13.2 Å². The molecule has 0 amide bonds. The van der Waals surface area contributed by atoms with Crippen molar-refractivity contribution >= 4 is 22.2 Å². The van der Waals surface area contributed by atoms with Crippen molar-refractivity contribution < 1.29 is 27.8 Å². The molecule has 0 aliphatic rings. The Labute approximate surface area is 96.2 Å². The quantitative estimate of drug-likeness (QED) is 0.688. The number of aromatic nitrogens is 1. The summed E-state index contributed by atoms with van der Waals surface area (Å²) in [4.78, 5) is 13.9. The highest BCUT2D eigenvalue weighted by Gasteiger charge is 2.33. The van der Waals surface area contributed by atoms with E-state index in [2.05, 4.69) is 25.7 Å². The van der Waals surface area contributed by atoms with Crippen molar-refractivity contribution in [2.24, 2.45) is 0 Å². The Balaban J connectivity index is 3.21. The number of halogens is 4. The van der Waals surface area contributed by atoms with Gasteiger partial charge in [-0.05, 0) is 6.07 Å². The summed E-state index contributed by atoms with van der Waals surface area (Å²) in [6, 6.07) is 1.15. The Morgan fingerprint density at radius 1 is 1.56 bits per heavy atom. The molecule has 0 bridgehead atoms. The van der Waals surface area contributed by atoms with E-state index in [0.717, 1.165) is 6.07 Å². The van der Waals surface area contributed by atoms with E-state index in [1.165, 1.54) is 0 Å². The van der Waals surface area contributed by atoms with Crippen LogP contribution in [0.25, 0.3) is 0 Å². The van der Waals surface area contributed by atoms with Gasteiger partial charge in [-0.3, -0.25) is 4.79 Å². The van der Waals surface area contributed by atoms with E-state index in [9.17, 15) is 23.1 Å². The van der Waals surface area contributed by atoms with Crippen LogP contribution < -0.4 is 4.74 Å². The Kier molecular flexibility index (Phi) is 3.74. The number of aldehydes is 1. The first-order valence-electron chi connectivity index (χ1n) is 3.87. The van der Waals surface area contributed by atoms with Gasteiger partial charge in [0.05, 0.1) is 11.3 Å². The van der Waals surface area contributed by atoms with Gasteiger partial charge in [-0.2, -0.15) is 0 Å². The summed E-state index contributed by atoms with van der Waals surface area (Å²) in [5, 5.41) is 9.37. The number of rotatable bonds is 3. The maximum atomic E-state index is 11.9. The molecule has 0 spiro atoms. The molecule has 8 heteroatoms. The topological polar surface area (TPSA) is 59.4 Å². The first kappa shape index (κ1) is 12.8. The van der Waals surface area contributed by atoms with Crippen LogP contribution in [0.1, 0.15) is 16.1 Å². The zero-order valence-electron chi connectivity index (χ0n) is 7.58. The molecule has 4 nitrogen and oxygen atoms in total. The third-order valence-corrected chi connectivity index (χ3v) is 2.09. The second-order valence-corrected chi connectivity index (χ2v) is 3.22. The highest BCUT2D eigenvalue weighted by molar-refractivity contribution is 9.08. The van der Waals surface area contributed by atoms with Crippen molar-refractivity contribution in [2.75, 3.05) is 0 Å². The number of pyridine rings is 1. The lowest BCUT2D eigenvalue weighted by Crippen LogP contribution is -2.18. The molecule has 1 N–H and O–H groups in total. The summed E-state index contributed by atoms with van der Waals surface area (Å²) in [5.41, 5.74) is -0.178. The van der Waals surface area contributed by atoms with Gasteiger partial charge in [0.1, 0.15) is 0 Å². The van der Waals surface area contributed by atoms with Gasteiger partial charge in [0.25, 0.3) is 5.88 Å². The first-order valence-corrected chi connectivity index (χ1v) is 4.99. The molecule has 0 saturated heterocycles. The molecule has 1 aromatic heterocycles. The van der Waals surface area contributed by atoms with Crippen LogP contribution in [0.2, 0.25) is 0 Å². The fraction of sp³-hybridized carbons (Fsp3) is 0.250. The number of carbonyl (C=O) groups is 1. The van der Waals surface area contributed by atoms with Gasteiger partial charge in [-0.25, -0.2) is 4.98 Å². The molecule has 0 aromatic carbocycles. The second kappa shape index (κ2) is 4.69. The Morgan fingerprint density at radius 2 is 2.19 bits per heavy atom. The zero-order chi connectivity index (χ0) is 12.3. The van der Waals surface area contributed by atoms with Gasteiger partial charge < -0.3 is 9.84 Å². The molecule has 0 saturated carbocycles. The van der Waals surface area contributed by atoms with Crippen molar-refractivity contribution in [1.29, 1.82) is 0 Å². The largest absolute Gasteiger partial charge is 0.574 e. The van der Waals surface area contributed by atoms with E-state index >= 15 is 0 Å². The molecule has 1 heterocycles. The van der Waals surface area contributed by atoms with Gasteiger partial charge in [0.15, 0.2) is 12.0 Å². The van der Waals surface area contributed by atoms with E-state index in [-0.39, 0.29) is 22.9 Å². The summed E-state index contributed by atoms with van der Waals surface area (Å²) >= 11 is 2.96. The van der Waals surface area contributed by atoms with Gasteiger partial charge in [0.2, 0.25) is 0 Å². The average Bonchev–Trinajstić information content (AvgIpc) is 2.19. The fourth-order valence-corrected chi connectivity index (χ4v) is 1.21. The van der Waals surface area contributed by atoms with E-state index in [1.807, 2.05) is 0 Å². The minimum absolute atomic E-state index is 0.127. The van der Waals surface area contributed by atoms with Crippen LogP contribution in [0.5, 0.6) is 11.6 Å². The lowest BCUT2D eigenvalue weighted by atomic mass is 10.2. The molecular weight excluding hydrogens is 295 g/mol. The number of carbonyl (C=O) groups excluding carboxylic acids is 1. The van der Waals surface area contributed by atoms with Crippen molar-refractivity contribution in [3.63, 3.8) is 0 Å². The van der Waals surface area contributed by atoms with Crippen molar-refractivity contribution in [3.8, 4) is 11.6 Å². The lowest BCUT2D eigenvalue weighted by molar-refractivity contribution is -0.276. The number of hydrogen-bond acceptors (Lipinski definition) is 4. The molecule has 0 aliphatic carbocycles. The molecular formula is C8H5BrF3NO3. The standard InChI is InChI=1S/C8H5BrF3NO3/c9-2-5-1-4(3-14)6(15)7(13-5)16-8(10,11)12/h1,3,15H,2H2. The summed E-state index contributed by atoms with van der Waals surface area (Å²) in [6.45, 7) is 0. The molecule has 0 aliphatic heterocycles. The SMILES string of the molecule is O=Cc1cc(CBr)nc(OC(F)(F)F)c1O. The van der Waals surface area contributed by atoms with Crippen LogP contribution in [0, 0.1) is 0 Å². The summed E-state index contributed by atoms with van der Waals surface area (Å²) in [5.74, 6) is -1.97. The van der Waals surface area contributed by atoms with E-state index in [1.54, 1.807) is 0 Å². The van der Waals surface area contributed by atoms with Gasteiger partial charge in [-0.1, -0.05) is 15.9 Å². The Hall–Kier alpha value is -1.31. The summed E-state index contributed by atoms with van der Waals surface area (Å²) in [7, 11) is 0. The molecule has 0 unspecified atom stereocenters. The summed E-state index contributed by atoms with van der Waals surface area (Å²) < 4.78 is 39.2. The van der Waals surface area contributed by atoms with Gasteiger partial charge in [-0.15, -0.1) is 13.2 Å². The van der Waals surface area contributed by atoms with Crippen LogP contribution >= 0.6 is 15.9 Å². The van der Waals surface area contributed by atoms with Crippen LogP contribution in [-0.4, -0.2) is 22.7 Å². The van der Waals surface area contributed by atoms with Gasteiger partial charge in [0, 0.05) is 5.33 Å². The predicted octanol–water partition coefficient (Wildman–Crippen LogP) is 2.39. The normalized spacial score (nSPS) is 11.2. The zero-order valence-corrected chi connectivity index (χ0v) is 9.17. The van der Waals surface area contributed by atoms with Crippen molar-refractivity contribution in [3.05, 3.63) is 17.3 Å². The Morgan fingerprint density at radius 3 is 2.62 bits per heavy atom. The average molecular weight is 300 g/mol. The third kappa shape index (κ3) is 3.09.